The number of hydrogen-bond donors (Lipinski definition) is 1. The highest BCUT2D eigenvalue weighted by Crippen LogP contribution is 2.26. The lowest BCUT2D eigenvalue weighted by atomic mass is 9.84. The summed E-state index contributed by atoms with van der Waals surface area (Å²) in [6.07, 6.45) is 5.71. The van der Waals surface area contributed by atoms with Crippen molar-refractivity contribution in [2.45, 2.75) is 58.1 Å². The molecular weight excluding hydrogens is 216 g/mol. The second-order valence-electron chi connectivity index (χ2n) is 4.93. The molecular formula is C13H22N2O2. The first kappa shape index (κ1) is 14.0. The van der Waals surface area contributed by atoms with Gasteiger partial charge >= 0.3 is 0 Å². The molecule has 17 heavy (non-hydrogen) atoms. The fourth-order valence-corrected chi connectivity index (χ4v) is 2.18. The van der Waals surface area contributed by atoms with Crippen LogP contribution >= 0.6 is 0 Å². The van der Waals surface area contributed by atoms with Crippen molar-refractivity contribution >= 4 is 5.91 Å². The topological polar surface area (TPSA) is 62.1 Å². The fourth-order valence-electron chi connectivity index (χ4n) is 2.18. The normalized spacial score (nSPS) is 18.7. The van der Waals surface area contributed by atoms with Gasteiger partial charge in [0.2, 0.25) is 5.91 Å². The summed E-state index contributed by atoms with van der Waals surface area (Å²) >= 11 is 0. The highest BCUT2D eigenvalue weighted by Gasteiger charge is 2.24. The minimum absolute atomic E-state index is 0.0379. The van der Waals surface area contributed by atoms with Crippen LogP contribution in [-0.4, -0.2) is 24.7 Å². The van der Waals surface area contributed by atoms with Gasteiger partial charge in [-0.15, -0.1) is 0 Å². The highest BCUT2D eigenvalue weighted by atomic mass is 16.5. The summed E-state index contributed by atoms with van der Waals surface area (Å²) in [5, 5.41) is 11.9. The van der Waals surface area contributed by atoms with Crippen molar-refractivity contribution in [1.29, 1.82) is 5.26 Å². The van der Waals surface area contributed by atoms with Gasteiger partial charge in [-0.2, -0.15) is 5.26 Å². The minimum Gasteiger partial charge on any atom is -0.369 e. The van der Waals surface area contributed by atoms with Gasteiger partial charge in [0, 0.05) is 0 Å². The van der Waals surface area contributed by atoms with E-state index in [2.05, 4.69) is 11.4 Å². The molecule has 0 heterocycles. The molecule has 1 N–H and O–H groups in total. The highest BCUT2D eigenvalue weighted by molar-refractivity contribution is 5.77. The van der Waals surface area contributed by atoms with Crippen molar-refractivity contribution in [3.8, 4) is 6.07 Å². The smallest absolute Gasteiger partial charge is 0.247 e. The van der Waals surface area contributed by atoms with Crippen molar-refractivity contribution in [1.82, 2.24) is 5.32 Å². The summed E-state index contributed by atoms with van der Waals surface area (Å²) in [6.45, 7) is 3.81. The molecule has 1 aliphatic rings. The van der Waals surface area contributed by atoms with Crippen LogP contribution < -0.4 is 5.32 Å². The monoisotopic (exact) mass is 238 g/mol. The van der Waals surface area contributed by atoms with E-state index in [0.29, 0.717) is 5.92 Å². The van der Waals surface area contributed by atoms with Crippen molar-refractivity contribution in [2.75, 3.05) is 6.61 Å². The summed E-state index contributed by atoms with van der Waals surface area (Å²) in [7, 11) is 0. The number of hydrogen-bond acceptors (Lipinski definition) is 3. The molecule has 1 atom stereocenters. The van der Waals surface area contributed by atoms with Crippen LogP contribution in [0.25, 0.3) is 0 Å². The van der Waals surface area contributed by atoms with Crippen molar-refractivity contribution in [3.63, 3.8) is 0 Å². The Morgan fingerprint density at radius 2 is 2.06 bits per heavy atom. The maximum Gasteiger partial charge on any atom is 0.247 e. The summed E-state index contributed by atoms with van der Waals surface area (Å²) < 4.78 is 5.21. The van der Waals surface area contributed by atoms with E-state index in [1.807, 2.05) is 13.8 Å². The maximum absolute atomic E-state index is 11.6. The lowest BCUT2D eigenvalue weighted by Crippen LogP contribution is -2.42. The van der Waals surface area contributed by atoms with Gasteiger partial charge in [0.25, 0.3) is 0 Å². The molecule has 0 aromatic heterocycles. The molecule has 1 aliphatic carbocycles. The molecule has 4 heteroatoms. The van der Waals surface area contributed by atoms with E-state index in [4.69, 9.17) is 10.00 Å². The Bertz CT molecular complexity index is 278. The molecule has 0 radical (unpaired) electrons. The number of carbonyl (C=O) groups excluding carboxylic acids is 1. The van der Waals surface area contributed by atoms with Gasteiger partial charge in [-0.3, -0.25) is 4.79 Å². The van der Waals surface area contributed by atoms with Crippen molar-refractivity contribution < 1.29 is 9.53 Å². The zero-order valence-electron chi connectivity index (χ0n) is 10.7. The van der Waals surface area contributed by atoms with E-state index in [9.17, 15) is 4.79 Å². The van der Waals surface area contributed by atoms with Crippen LogP contribution in [0.2, 0.25) is 0 Å². The minimum atomic E-state index is -0.349. The predicted octanol–water partition coefficient (Wildman–Crippen LogP) is 2.00. The van der Waals surface area contributed by atoms with Gasteiger partial charge < -0.3 is 10.1 Å². The van der Waals surface area contributed by atoms with Crippen molar-refractivity contribution in [3.05, 3.63) is 0 Å². The third-order valence-corrected chi connectivity index (χ3v) is 3.12. The van der Waals surface area contributed by atoms with Crippen LogP contribution in [-0.2, 0) is 9.53 Å². The predicted molar refractivity (Wildman–Crippen MR) is 65.2 cm³/mol. The number of nitrogens with one attached hydrogen (secondary N) is 1. The Balaban J connectivity index is 2.35. The Kier molecular flexibility index (Phi) is 5.99. The largest absolute Gasteiger partial charge is 0.369 e. The van der Waals surface area contributed by atoms with Crippen LogP contribution in [0, 0.1) is 17.2 Å². The molecule has 0 aromatic rings. The molecule has 0 aliphatic heterocycles. The molecule has 1 amide bonds. The zero-order chi connectivity index (χ0) is 12.7. The zero-order valence-corrected chi connectivity index (χ0v) is 10.7. The third kappa shape index (κ3) is 5.18. The number of ether oxygens (including phenoxy) is 1. The van der Waals surface area contributed by atoms with Crippen LogP contribution in [0.15, 0.2) is 0 Å². The lowest BCUT2D eigenvalue weighted by molar-refractivity contribution is -0.127. The Morgan fingerprint density at radius 1 is 1.41 bits per heavy atom. The molecule has 96 valence electrons. The standard InChI is InChI=1S/C13H22N2O2/c1-10(2)17-9-13(16)15-12(8-14)11-6-4-3-5-7-11/h10-12H,3-7,9H2,1-2H3,(H,15,16). The summed E-state index contributed by atoms with van der Waals surface area (Å²) in [5.74, 6) is 0.132. The molecule has 1 unspecified atom stereocenters. The third-order valence-electron chi connectivity index (χ3n) is 3.12. The van der Waals surface area contributed by atoms with E-state index >= 15 is 0 Å². The molecule has 1 saturated carbocycles. The van der Waals surface area contributed by atoms with Crippen LogP contribution in [0.4, 0.5) is 0 Å². The SMILES string of the molecule is CC(C)OCC(=O)NC(C#N)C1CCCCC1. The molecule has 0 saturated heterocycles. The number of nitriles is 1. The second kappa shape index (κ2) is 7.29. The van der Waals surface area contributed by atoms with Gasteiger partial charge in [0.15, 0.2) is 0 Å². The van der Waals surface area contributed by atoms with Crippen molar-refractivity contribution in [2.24, 2.45) is 5.92 Å². The first-order chi connectivity index (χ1) is 8.13. The first-order valence-corrected chi connectivity index (χ1v) is 6.44. The molecule has 0 spiro atoms. The first-order valence-electron chi connectivity index (χ1n) is 6.44. The maximum atomic E-state index is 11.6. The molecule has 1 rings (SSSR count). The molecule has 0 bridgehead atoms. The Morgan fingerprint density at radius 3 is 2.59 bits per heavy atom. The van der Waals surface area contributed by atoms with E-state index in [1.54, 1.807) is 0 Å². The van der Waals surface area contributed by atoms with E-state index in [0.717, 1.165) is 12.8 Å². The summed E-state index contributed by atoms with van der Waals surface area (Å²) in [4.78, 5) is 11.6. The number of rotatable bonds is 5. The second-order valence-corrected chi connectivity index (χ2v) is 4.93. The van der Waals surface area contributed by atoms with E-state index in [1.165, 1.54) is 19.3 Å². The van der Waals surface area contributed by atoms with Gasteiger partial charge in [-0.05, 0) is 32.6 Å². The number of amides is 1. The van der Waals surface area contributed by atoms with Gasteiger partial charge in [-0.25, -0.2) is 0 Å². The van der Waals surface area contributed by atoms with Crippen LogP contribution in [0.5, 0.6) is 0 Å². The van der Waals surface area contributed by atoms with E-state index in [-0.39, 0.29) is 24.7 Å². The fraction of sp³-hybridized carbons (Fsp3) is 0.846. The summed E-state index contributed by atoms with van der Waals surface area (Å²) in [6, 6.07) is 1.85. The van der Waals surface area contributed by atoms with Gasteiger partial charge in [-0.1, -0.05) is 19.3 Å². The van der Waals surface area contributed by atoms with Gasteiger partial charge in [0.1, 0.15) is 12.6 Å². The Labute approximate surface area is 103 Å². The Hall–Kier alpha value is -1.08. The molecule has 4 nitrogen and oxygen atoms in total. The lowest BCUT2D eigenvalue weighted by Gasteiger charge is -2.26. The van der Waals surface area contributed by atoms with Gasteiger partial charge in [0.05, 0.1) is 12.2 Å². The average Bonchev–Trinajstić information content (AvgIpc) is 2.34. The van der Waals surface area contributed by atoms with Crippen LogP contribution in [0.3, 0.4) is 0 Å². The molecule has 0 aromatic carbocycles. The number of carbonyl (C=O) groups is 1. The average molecular weight is 238 g/mol. The molecule has 1 fully saturated rings. The van der Waals surface area contributed by atoms with Crippen LogP contribution in [0.1, 0.15) is 46.0 Å². The quantitative estimate of drug-likeness (QED) is 0.796. The van der Waals surface area contributed by atoms with E-state index < -0.39 is 0 Å². The summed E-state index contributed by atoms with van der Waals surface area (Å²) in [5.41, 5.74) is 0. The number of nitrogens with zero attached hydrogens (tertiary/aromatic N) is 1.